The zero-order chi connectivity index (χ0) is 12.7. The summed E-state index contributed by atoms with van der Waals surface area (Å²) in [6, 6.07) is 5.45. The third-order valence-electron chi connectivity index (χ3n) is 2.41. The van der Waals surface area contributed by atoms with Gasteiger partial charge in [-0.25, -0.2) is 4.79 Å². The van der Waals surface area contributed by atoms with Crippen LogP contribution in [0.5, 0.6) is 0 Å². The van der Waals surface area contributed by atoms with Gasteiger partial charge in [-0.1, -0.05) is 12.1 Å². The molecule has 0 saturated heterocycles. The molecule has 0 aliphatic carbocycles. The molecule has 0 bridgehead atoms. The van der Waals surface area contributed by atoms with Crippen LogP contribution in [0.15, 0.2) is 18.2 Å². The predicted molar refractivity (Wildman–Crippen MR) is 63.2 cm³/mol. The molecule has 0 unspecified atom stereocenters. The molecule has 0 aliphatic heterocycles. The first-order valence-corrected chi connectivity index (χ1v) is 5.50. The highest BCUT2D eigenvalue weighted by Gasteiger charge is 2.12. The molecular weight excluding hydrogens is 220 g/mol. The van der Waals surface area contributed by atoms with Crippen LogP contribution in [0.25, 0.3) is 0 Å². The summed E-state index contributed by atoms with van der Waals surface area (Å²) in [6.07, 6.45) is 0. The van der Waals surface area contributed by atoms with Crippen LogP contribution in [0.4, 0.5) is 0 Å². The normalized spacial score (nSPS) is 10.3. The molecule has 0 spiro atoms. The molecule has 0 saturated carbocycles. The van der Waals surface area contributed by atoms with Crippen LogP contribution in [0.3, 0.4) is 0 Å². The number of benzene rings is 1. The lowest BCUT2D eigenvalue weighted by Crippen LogP contribution is -2.09. The number of hydrogen-bond acceptors (Lipinski definition) is 4. The summed E-state index contributed by atoms with van der Waals surface area (Å²) in [6.45, 7) is 7.86. The van der Waals surface area contributed by atoms with E-state index >= 15 is 0 Å². The van der Waals surface area contributed by atoms with Crippen LogP contribution in [-0.2, 0) is 14.5 Å². The van der Waals surface area contributed by atoms with Crippen molar-refractivity contribution >= 4 is 5.97 Å². The molecule has 0 N–H and O–H groups in total. The summed E-state index contributed by atoms with van der Waals surface area (Å²) >= 11 is 0. The molecule has 4 heteroatoms. The maximum atomic E-state index is 11.6. The van der Waals surface area contributed by atoms with Gasteiger partial charge in [0.2, 0.25) is 0 Å². The largest absolute Gasteiger partial charge is 0.379 e. The van der Waals surface area contributed by atoms with Crippen molar-refractivity contribution in [1.29, 1.82) is 0 Å². The average molecular weight is 237 g/mol. The van der Waals surface area contributed by atoms with Crippen molar-refractivity contribution in [3.8, 4) is 0 Å². The van der Waals surface area contributed by atoms with Crippen molar-refractivity contribution in [1.82, 2.24) is 0 Å². The minimum atomic E-state index is -0.501. The van der Waals surface area contributed by atoms with Crippen molar-refractivity contribution in [2.45, 2.75) is 20.8 Å². The smallest absolute Gasteiger partial charge is 0.373 e. The van der Waals surface area contributed by atoms with Gasteiger partial charge in [-0.3, -0.25) is 4.89 Å². The van der Waals surface area contributed by atoms with E-state index in [9.17, 15) is 4.79 Å². The van der Waals surface area contributed by atoms with Gasteiger partial charge in [0.1, 0.15) is 0 Å². The van der Waals surface area contributed by atoms with E-state index in [0.717, 1.165) is 11.1 Å². The van der Waals surface area contributed by atoms with Crippen LogP contribution in [0.1, 0.15) is 28.4 Å². The number of rotatable bonds is 6. The maximum absolute atomic E-state index is 11.6. The highest BCUT2D eigenvalue weighted by molar-refractivity contribution is 5.90. The summed E-state index contributed by atoms with van der Waals surface area (Å²) < 4.78 is 4.99. The van der Waals surface area contributed by atoms with Crippen LogP contribution in [-0.4, -0.2) is 19.2 Å². The van der Waals surface area contributed by atoms with Crippen molar-refractivity contribution < 1.29 is 19.3 Å². The Morgan fingerprint density at radius 1 is 1.35 bits per heavy atom. The third-order valence-corrected chi connectivity index (χ3v) is 2.41. The van der Waals surface area contributed by atoms with Gasteiger partial charge in [0.15, 0.2) is 6.61 Å². The highest BCUT2D eigenvalue weighted by atomic mass is 17.2. The molecule has 17 heavy (non-hydrogen) atoms. The molecule has 1 aromatic rings. The Labute approximate surface area is 101 Å². The van der Waals surface area contributed by atoms with E-state index in [2.05, 4.69) is 9.78 Å². The fourth-order valence-corrected chi connectivity index (χ4v) is 1.29. The Balaban J connectivity index is 2.44. The molecule has 1 aromatic carbocycles. The van der Waals surface area contributed by atoms with Crippen molar-refractivity contribution in [3.63, 3.8) is 0 Å². The van der Waals surface area contributed by atoms with E-state index in [-0.39, 0.29) is 6.61 Å². The lowest BCUT2D eigenvalue weighted by atomic mass is 10.0. The Morgan fingerprint density at radius 3 is 2.82 bits per heavy atom. The number of aryl methyl sites for hydroxylation is 1. The van der Waals surface area contributed by atoms with E-state index in [1.54, 1.807) is 6.07 Å². The molecular formula is C13H17O4. The Morgan fingerprint density at radius 2 is 2.12 bits per heavy atom. The quantitative estimate of drug-likeness (QED) is 0.433. The fraction of sp³-hybridized carbons (Fsp3) is 0.385. The van der Waals surface area contributed by atoms with E-state index < -0.39 is 5.97 Å². The first kappa shape index (κ1) is 13.7. The fourth-order valence-electron chi connectivity index (χ4n) is 1.29. The Hall–Kier alpha value is -1.39. The monoisotopic (exact) mass is 237 g/mol. The van der Waals surface area contributed by atoms with E-state index in [1.165, 1.54) is 6.61 Å². The van der Waals surface area contributed by atoms with Crippen molar-refractivity contribution in [3.05, 3.63) is 41.5 Å². The van der Waals surface area contributed by atoms with Crippen LogP contribution in [0, 0.1) is 20.5 Å². The Bertz CT molecular complexity index is 374. The second kappa shape index (κ2) is 7.04. The Kier molecular flexibility index (Phi) is 5.66. The summed E-state index contributed by atoms with van der Waals surface area (Å²) in [5, 5.41) is 0. The molecule has 1 rings (SSSR count). The van der Waals surface area contributed by atoms with Crippen molar-refractivity contribution in [2.24, 2.45) is 0 Å². The number of carbonyl (C=O) groups is 1. The SMILES string of the molecule is CCOC[CH]OOC(=O)c1cccc(C)c1C. The summed E-state index contributed by atoms with van der Waals surface area (Å²) in [5.74, 6) is -0.501. The highest BCUT2D eigenvalue weighted by Crippen LogP contribution is 2.13. The minimum Gasteiger partial charge on any atom is -0.379 e. The second-order valence-corrected chi connectivity index (χ2v) is 3.54. The third kappa shape index (κ3) is 4.17. The van der Waals surface area contributed by atoms with Crippen LogP contribution in [0.2, 0.25) is 0 Å². The van der Waals surface area contributed by atoms with Gasteiger partial charge in [0, 0.05) is 6.61 Å². The number of hydrogen-bond donors (Lipinski definition) is 0. The summed E-state index contributed by atoms with van der Waals surface area (Å²) in [7, 11) is 0. The van der Waals surface area contributed by atoms with Gasteiger partial charge in [-0.15, -0.1) is 0 Å². The zero-order valence-electron chi connectivity index (χ0n) is 10.4. The molecule has 1 radical (unpaired) electrons. The zero-order valence-corrected chi connectivity index (χ0v) is 10.4. The number of carbonyl (C=O) groups excluding carboxylic acids is 1. The molecule has 0 aliphatic rings. The van der Waals surface area contributed by atoms with Crippen molar-refractivity contribution in [2.75, 3.05) is 13.2 Å². The maximum Gasteiger partial charge on any atom is 0.373 e. The first-order valence-electron chi connectivity index (χ1n) is 5.50. The number of ether oxygens (including phenoxy) is 1. The van der Waals surface area contributed by atoms with Gasteiger partial charge >= 0.3 is 5.97 Å². The first-order chi connectivity index (χ1) is 8.16. The van der Waals surface area contributed by atoms with Gasteiger partial charge in [-0.05, 0) is 38.0 Å². The molecule has 0 fully saturated rings. The molecule has 0 heterocycles. The molecule has 4 nitrogen and oxygen atoms in total. The molecule has 0 amide bonds. The van der Waals surface area contributed by atoms with E-state index in [4.69, 9.17) is 4.74 Å². The molecule has 0 aromatic heterocycles. The van der Waals surface area contributed by atoms with Gasteiger partial charge in [0.05, 0.1) is 12.2 Å². The lowest BCUT2D eigenvalue weighted by Gasteiger charge is -2.07. The van der Waals surface area contributed by atoms with Gasteiger partial charge in [0.25, 0.3) is 0 Å². The average Bonchev–Trinajstić information content (AvgIpc) is 2.32. The standard InChI is InChI=1S/C13H17O4/c1-4-15-8-9-16-17-13(14)12-7-5-6-10(2)11(12)3/h5-7,9H,4,8H2,1-3H3. The van der Waals surface area contributed by atoms with E-state index in [1.807, 2.05) is 32.9 Å². The topological polar surface area (TPSA) is 44.8 Å². The van der Waals surface area contributed by atoms with Crippen LogP contribution >= 0.6 is 0 Å². The minimum absolute atomic E-state index is 0.288. The van der Waals surface area contributed by atoms with Gasteiger partial charge < -0.3 is 4.74 Å². The summed E-state index contributed by atoms with van der Waals surface area (Å²) in [4.78, 5) is 20.9. The molecule has 93 valence electrons. The molecule has 0 atom stereocenters. The van der Waals surface area contributed by atoms with Gasteiger partial charge in [-0.2, -0.15) is 4.89 Å². The lowest BCUT2D eigenvalue weighted by molar-refractivity contribution is -0.218. The summed E-state index contributed by atoms with van der Waals surface area (Å²) in [5.41, 5.74) is 2.44. The van der Waals surface area contributed by atoms with Crippen LogP contribution < -0.4 is 0 Å². The second-order valence-electron chi connectivity index (χ2n) is 3.54. The van der Waals surface area contributed by atoms with E-state index in [0.29, 0.717) is 12.2 Å². The predicted octanol–water partition coefficient (Wildman–Crippen LogP) is 2.59.